The molecule has 0 spiro atoms. The van der Waals surface area contributed by atoms with Crippen molar-refractivity contribution in [2.24, 2.45) is 0 Å². The summed E-state index contributed by atoms with van der Waals surface area (Å²) in [7, 11) is 0. The largest absolute Gasteiger partial charge is 0.481 e. The predicted octanol–water partition coefficient (Wildman–Crippen LogP) is 3.24. The Morgan fingerprint density at radius 2 is 1.89 bits per heavy atom. The third-order valence-corrected chi connectivity index (χ3v) is 2.22. The number of ether oxygens (including phenoxy) is 2. The Labute approximate surface area is 113 Å². The SMILES string of the molecule is C=C(OCC#CC)c1ccc(OCC#CC)cc1F. The van der Waals surface area contributed by atoms with E-state index in [0.717, 1.165) is 0 Å². The van der Waals surface area contributed by atoms with Crippen molar-refractivity contribution in [1.82, 2.24) is 0 Å². The molecule has 0 saturated carbocycles. The van der Waals surface area contributed by atoms with Gasteiger partial charge >= 0.3 is 0 Å². The van der Waals surface area contributed by atoms with E-state index in [1.165, 1.54) is 6.07 Å². The summed E-state index contributed by atoms with van der Waals surface area (Å²) in [4.78, 5) is 0. The van der Waals surface area contributed by atoms with Gasteiger partial charge in [-0.05, 0) is 26.0 Å². The van der Waals surface area contributed by atoms with Crippen LogP contribution in [0.5, 0.6) is 5.75 Å². The van der Waals surface area contributed by atoms with Crippen LogP contribution in [0.2, 0.25) is 0 Å². The lowest BCUT2D eigenvalue weighted by molar-refractivity contribution is 0.325. The highest BCUT2D eigenvalue weighted by Crippen LogP contribution is 2.22. The van der Waals surface area contributed by atoms with Gasteiger partial charge in [0, 0.05) is 6.07 Å². The number of hydrogen-bond acceptors (Lipinski definition) is 2. The second-order valence-corrected chi connectivity index (χ2v) is 3.50. The highest BCUT2D eigenvalue weighted by atomic mass is 19.1. The number of halogens is 1. The van der Waals surface area contributed by atoms with Crippen molar-refractivity contribution in [3.63, 3.8) is 0 Å². The number of hydrogen-bond donors (Lipinski definition) is 0. The lowest BCUT2D eigenvalue weighted by atomic mass is 10.2. The fourth-order valence-corrected chi connectivity index (χ4v) is 1.28. The molecule has 0 amide bonds. The van der Waals surface area contributed by atoms with E-state index in [2.05, 4.69) is 30.3 Å². The fraction of sp³-hybridized carbons (Fsp3) is 0.250. The van der Waals surface area contributed by atoms with E-state index in [0.29, 0.717) is 11.3 Å². The lowest BCUT2D eigenvalue weighted by Crippen LogP contribution is -1.98. The number of benzene rings is 1. The van der Waals surface area contributed by atoms with Crippen molar-refractivity contribution in [3.05, 3.63) is 36.2 Å². The quantitative estimate of drug-likeness (QED) is 0.596. The van der Waals surface area contributed by atoms with E-state index < -0.39 is 5.82 Å². The van der Waals surface area contributed by atoms with Crippen LogP contribution < -0.4 is 4.74 Å². The van der Waals surface area contributed by atoms with E-state index in [1.54, 1.807) is 26.0 Å². The third-order valence-electron chi connectivity index (χ3n) is 2.22. The molecule has 0 aromatic heterocycles. The molecule has 0 unspecified atom stereocenters. The maximum absolute atomic E-state index is 13.8. The van der Waals surface area contributed by atoms with Crippen LogP contribution in [0.1, 0.15) is 19.4 Å². The normalized spacial score (nSPS) is 8.58. The minimum Gasteiger partial charge on any atom is -0.481 e. The summed E-state index contributed by atoms with van der Waals surface area (Å²) in [5.41, 5.74) is 0.298. The van der Waals surface area contributed by atoms with E-state index in [1.807, 2.05) is 0 Å². The second-order valence-electron chi connectivity index (χ2n) is 3.50. The molecule has 2 nitrogen and oxygen atoms in total. The maximum Gasteiger partial charge on any atom is 0.149 e. The molecule has 1 aromatic carbocycles. The van der Waals surface area contributed by atoms with Gasteiger partial charge in [0.2, 0.25) is 0 Å². The van der Waals surface area contributed by atoms with Crippen molar-refractivity contribution >= 4 is 5.76 Å². The first-order valence-electron chi connectivity index (χ1n) is 5.72. The maximum atomic E-state index is 13.8. The zero-order valence-electron chi connectivity index (χ0n) is 11.0. The molecule has 0 heterocycles. The van der Waals surface area contributed by atoms with Gasteiger partial charge in [-0.2, -0.15) is 0 Å². The standard InChI is InChI=1S/C16H15FO2/c1-4-6-10-18-13(3)15-9-8-14(12-16(15)17)19-11-7-5-2/h8-9,12H,3,10-11H2,1-2H3. The van der Waals surface area contributed by atoms with Crippen LogP contribution in [0.25, 0.3) is 5.76 Å². The highest BCUT2D eigenvalue weighted by Gasteiger charge is 2.08. The molecule has 3 heteroatoms. The zero-order valence-corrected chi connectivity index (χ0v) is 11.0. The minimum atomic E-state index is -0.448. The molecule has 0 N–H and O–H groups in total. The molecule has 0 fully saturated rings. The first-order chi connectivity index (χ1) is 9.19. The Hall–Kier alpha value is -2.39. The van der Waals surface area contributed by atoms with Crippen LogP contribution in [0.15, 0.2) is 24.8 Å². The molecule has 0 aliphatic heterocycles. The summed E-state index contributed by atoms with van der Waals surface area (Å²) in [6.07, 6.45) is 0. The van der Waals surface area contributed by atoms with Gasteiger partial charge in [-0.3, -0.25) is 0 Å². The first-order valence-corrected chi connectivity index (χ1v) is 5.72. The number of rotatable bonds is 5. The van der Waals surface area contributed by atoms with Gasteiger partial charge in [-0.1, -0.05) is 18.4 Å². The second kappa shape index (κ2) is 7.84. The van der Waals surface area contributed by atoms with Crippen molar-refractivity contribution < 1.29 is 13.9 Å². The molecule has 1 aromatic rings. The van der Waals surface area contributed by atoms with Crippen LogP contribution in [0, 0.1) is 29.5 Å². The van der Waals surface area contributed by atoms with Crippen molar-refractivity contribution in [2.45, 2.75) is 13.8 Å². The van der Waals surface area contributed by atoms with Gasteiger partial charge in [0.05, 0.1) is 5.56 Å². The van der Waals surface area contributed by atoms with Gasteiger partial charge in [0.25, 0.3) is 0 Å². The van der Waals surface area contributed by atoms with Gasteiger partial charge < -0.3 is 9.47 Å². The average Bonchev–Trinajstić information content (AvgIpc) is 2.39. The van der Waals surface area contributed by atoms with Crippen molar-refractivity contribution in [1.29, 1.82) is 0 Å². The minimum absolute atomic E-state index is 0.194. The predicted molar refractivity (Wildman–Crippen MR) is 73.8 cm³/mol. The highest BCUT2D eigenvalue weighted by molar-refractivity contribution is 5.59. The fourth-order valence-electron chi connectivity index (χ4n) is 1.28. The lowest BCUT2D eigenvalue weighted by Gasteiger charge is -2.09. The summed E-state index contributed by atoms with van der Waals surface area (Å²) in [6.45, 7) is 7.52. The Morgan fingerprint density at radius 1 is 1.21 bits per heavy atom. The Kier molecular flexibility index (Phi) is 6.06. The molecular weight excluding hydrogens is 243 g/mol. The summed E-state index contributed by atoms with van der Waals surface area (Å²) in [5, 5.41) is 0. The molecule has 0 saturated heterocycles. The van der Waals surface area contributed by atoms with E-state index in [4.69, 9.17) is 9.47 Å². The molecular formula is C16H15FO2. The zero-order chi connectivity index (χ0) is 14.1. The van der Waals surface area contributed by atoms with Crippen molar-refractivity contribution in [2.75, 3.05) is 13.2 Å². The summed E-state index contributed by atoms with van der Waals surface area (Å²) in [5.74, 6) is 11.1. The van der Waals surface area contributed by atoms with Crippen LogP contribution in [0.4, 0.5) is 4.39 Å². The molecule has 0 aliphatic rings. The van der Waals surface area contributed by atoms with E-state index in [9.17, 15) is 4.39 Å². The molecule has 0 bridgehead atoms. The Morgan fingerprint density at radius 3 is 2.53 bits per heavy atom. The third kappa shape index (κ3) is 4.77. The Balaban J connectivity index is 2.71. The van der Waals surface area contributed by atoms with Crippen LogP contribution in [-0.2, 0) is 4.74 Å². The first kappa shape index (κ1) is 14.7. The monoisotopic (exact) mass is 258 g/mol. The smallest absolute Gasteiger partial charge is 0.149 e. The molecule has 0 aliphatic carbocycles. The topological polar surface area (TPSA) is 18.5 Å². The van der Waals surface area contributed by atoms with E-state index >= 15 is 0 Å². The summed E-state index contributed by atoms with van der Waals surface area (Å²) in [6, 6.07) is 4.49. The summed E-state index contributed by atoms with van der Waals surface area (Å²) >= 11 is 0. The van der Waals surface area contributed by atoms with Crippen LogP contribution in [0.3, 0.4) is 0 Å². The van der Waals surface area contributed by atoms with Gasteiger partial charge in [0.1, 0.15) is 30.5 Å². The van der Waals surface area contributed by atoms with Crippen LogP contribution >= 0.6 is 0 Å². The van der Waals surface area contributed by atoms with Crippen molar-refractivity contribution in [3.8, 4) is 29.4 Å². The Bertz CT molecular complexity index is 568. The van der Waals surface area contributed by atoms with Gasteiger partial charge in [-0.25, -0.2) is 4.39 Å². The van der Waals surface area contributed by atoms with Crippen LogP contribution in [-0.4, -0.2) is 13.2 Å². The average molecular weight is 258 g/mol. The molecule has 1 rings (SSSR count). The van der Waals surface area contributed by atoms with Gasteiger partial charge in [-0.15, -0.1) is 11.8 Å². The molecule has 0 radical (unpaired) electrons. The molecule has 98 valence electrons. The molecule has 0 atom stereocenters. The molecule has 19 heavy (non-hydrogen) atoms. The van der Waals surface area contributed by atoms with E-state index in [-0.39, 0.29) is 19.0 Å². The van der Waals surface area contributed by atoms with Gasteiger partial charge in [0.15, 0.2) is 0 Å². The summed E-state index contributed by atoms with van der Waals surface area (Å²) < 4.78 is 24.3.